The SMILES string of the molecule is NC(=O)C[C@H](N)C(=O)N1CCC(N(Cc2ccccc2)c2ccc3c(c2)CN(S(=O)(=O)c2ccc(O)cc2O)C3)CC1. The number of hydrogen-bond donors (Lipinski definition) is 4. The van der Waals surface area contributed by atoms with Gasteiger partial charge in [-0.05, 0) is 53.8 Å². The Morgan fingerprint density at radius 3 is 2.31 bits per heavy atom. The summed E-state index contributed by atoms with van der Waals surface area (Å²) in [7, 11) is -4.00. The molecule has 0 saturated carbocycles. The lowest BCUT2D eigenvalue weighted by Gasteiger charge is -2.40. The average molecular weight is 594 g/mol. The number of fused-ring (bicyclic) bond motifs is 1. The number of piperidine rings is 1. The van der Waals surface area contributed by atoms with Crippen LogP contribution in [0.3, 0.4) is 0 Å². The number of amides is 2. The normalized spacial score (nSPS) is 16.6. The third-order valence-corrected chi connectivity index (χ3v) is 9.77. The predicted molar refractivity (Wildman–Crippen MR) is 157 cm³/mol. The Bertz CT molecular complexity index is 1570. The molecule has 3 aromatic carbocycles. The molecule has 0 aliphatic carbocycles. The van der Waals surface area contributed by atoms with E-state index in [-0.39, 0.29) is 42.1 Å². The van der Waals surface area contributed by atoms with Gasteiger partial charge in [0.1, 0.15) is 16.4 Å². The number of rotatable bonds is 9. The smallest absolute Gasteiger partial charge is 0.247 e. The largest absolute Gasteiger partial charge is 0.508 e. The number of nitrogens with two attached hydrogens (primary N) is 2. The molecule has 2 aliphatic rings. The lowest BCUT2D eigenvalue weighted by molar-refractivity contribution is -0.135. The summed E-state index contributed by atoms with van der Waals surface area (Å²) in [5.74, 6) is -1.60. The number of benzene rings is 3. The summed E-state index contributed by atoms with van der Waals surface area (Å²) < 4.78 is 28.0. The third kappa shape index (κ3) is 6.20. The van der Waals surface area contributed by atoms with Crippen LogP contribution in [0.25, 0.3) is 0 Å². The monoisotopic (exact) mass is 593 g/mol. The highest BCUT2D eigenvalue weighted by atomic mass is 32.2. The topological polar surface area (TPSA) is 170 Å². The second-order valence-electron chi connectivity index (χ2n) is 10.8. The first kappa shape index (κ1) is 29.4. The molecule has 0 unspecified atom stereocenters. The molecule has 2 heterocycles. The predicted octanol–water partition coefficient (Wildman–Crippen LogP) is 2.00. The van der Waals surface area contributed by atoms with Gasteiger partial charge in [-0.1, -0.05) is 36.4 Å². The highest BCUT2D eigenvalue weighted by molar-refractivity contribution is 7.89. The van der Waals surface area contributed by atoms with Gasteiger partial charge in [0.25, 0.3) is 0 Å². The van der Waals surface area contributed by atoms with Crippen LogP contribution in [0, 0.1) is 0 Å². The van der Waals surface area contributed by atoms with Crippen molar-refractivity contribution in [1.29, 1.82) is 0 Å². The minimum Gasteiger partial charge on any atom is -0.508 e. The number of nitrogens with zero attached hydrogens (tertiary/aromatic N) is 3. The molecule has 222 valence electrons. The highest BCUT2D eigenvalue weighted by Gasteiger charge is 2.34. The summed E-state index contributed by atoms with van der Waals surface area (Å²) in [4.78, 5) is 27.7. The van der Waals surface area contributed by atoms with E-state index in [9.17, 15) is 28.2 Å². The maximum Gasteiger partial charge on any atom is 0.247 e. The molecule has 0 aromatic heterocycles. The van der Waals surface area contributed by atoms with Gasteiger partial charge >= 0.3 is 0 Å². The molecule has 12 heteroatoms. The van der Waals surface area contributed by atoms with E-state index in [2.05, 4.69) is 17.0 Å². The molecule has 3 aromatic rings. The second kappa shape index (κ2) is 12.0. The Hall–Kier alpha value is -4.13. The molecular formula is C30H35N5O6S. The van der Waals surface area contributed by atoms with Gasteiger partial charge in [0.2, 0.25) is 21.8 Å². The summed E-state index contributed by atoms with van der Waals surface area (Å²) in [5.41, 5.74) is 14.9. The fraction of sp³-hybridized carbons (Fsp3) is 0.333. The molecule has 5 rings (SSSR count). The van der Waals surface area contributed by atoms with Crippen molar-refractivity contribution in [2.75, 3.05) is 18.0 Å². The molecule has 6 N–H and O–H groups in total. The molecule has 1 atom stereocenters. The third-order valence-electron chi connectivity index (χ3n) is 7.93. The van der Waals surface area contributed by atoms with Crippen molar-refractivity contribution in [3.8, 4) is 11.5 Å². The van der Waals surface area contributed by atoms with Crippen LogP contribution in [-0.4, -0.2) is 64.8 Å². The zero-order valence-corrected chi connectivity index (χ0v) is 23.9. The van der Waals surface area contributed by atoms with Crippen molar-refractivity contribution in [1.82, 2.24) is 9.21 Å². The maximum atomic E-state index is 13.3. The van der Waals surface area contributed by atoms with Gasteiger partial charge in [-0.3, -0.25) is 9.59 Å². The number of primary amides is 1. The molecule has 0 radical (unpaired) electrons. The van der Waals surface area contributed by atoms with Crippen molar-refractivity contribution < 1.29 is 28.2 Å². The summed E-state index contributed by atoms with van der Waals surface area (Å²) in [6.07, 6.45) is 1.20. The van der Waals surface area contributed by atoms with Gasteiger partial charge in [0.05, 0.1) is 12.5 Å². The number of aromatic hydroxyl groups is 2. The van der Waals surface area contributed by atoms with E-state index in [1.807, 2.05) is 36.4 Å². The van der Waals surface area contributed by atoms with Crippen molar-refractivity contribution >= 4 is 27.5 Å². The molecule has 1 fully saturated rings. The van der Waals surface area contributed by atoms with Crippen LogP contribution in [-0.2, 0) is 39.2 Å². The van der Waals surface area contributed by atoms with E-state index in [1.165, 1.54) is 16.4 Å². The van der Waals surface area contributed by atoms with Crippen LogP contribution in [0.15, 0.2) is 71.6 Å². The Balaban J connectivity index is 1.36. The quantitative estimate of drug-likeness (QED) is 0.292. The minimum absolute atomic E-state index is 0.106. The molecule has 1 saturated heterocycles. The van der Waals surface area contributed by atoms with Gasteiger partial charge < -0.3 is 31.5 Å². The summed E-state index contributed by atoms with van der Waals surface area (Å²) in [6.45, 7) is 1.93. The molecule has 2 aliphatic heterocycles. The Morgan fingerprint density at radius 1 is 0.952 bits per heavy atom. The van der Waals surface area contributed by atoms with Crippen molar-refractivity contribution in [3.05, 3.63) is 83.4 Å². The fourth-order valence-corrected chi connectivity index (χ4v) is 7.17. The number of carbonyl (C=O) groups is 2. The van der Waals surface area contributed by atoms with E-state index < -0.39 is 27.7 Å². The van der Waals surface area contributed by atoms with E-state index in [4.69, 9.17) is 11.5 Å². The van der Waals surface area contributed by atoms with Gasteiger partial charge in [-0.2, -0.15) is 4.31 Å². The van der Waals surface area contributed by atoms with Crippen LogP contribution in [0.2, 0.25) is 0 Å². The second-order valence-corrected chi connectivity index (χ2v) is 12.7. The lowest BCUT2D eigenvalue weighted by Crippen LogP contribution is -2.51. The van der Waals surface area contributed by atoms with Crippen LogP contribution in [0.1, 0.15) is 36.0 Å². The van der Waals surface area contributed by atoms with Gasteiger partial charge in [0.15, 0.2) is 0 Å². The van der Waals surface area contributed by atoms with E-state index in [1.54, 1.807) is 4.90 Å². The van der Waals surface area contributed by atoms with Crippen LogP contribution >= 0.6 is 0 Å². The molecule has 0 bridgehead atoms. The first-order chi connectivity index (χ1) is 20.0. The van der Waals surface area contributed by atoms with Crippen molar-refractivity contribution in [2.24, 2.45) is 11.5 Å². The number of sulfonamides is 1. The van der Waals surface area contributed by atoms with Crippen LogP contribution < -0.4 is 16.4 Å². The lowest BCUT2D eigenvalue weighted by atomic mass is 9.99. The number of anilines is 1. The van der Waals surface area contributed by atoms with Gasteiger partial charge in [0, 0.05) is 50.5 Å². The molecule has 42 heavy (non-hydrogen) atoms. The number of hydrogen-bond acceptors (Lipinski definition) is 8. The van der Waals surface area contributed by atoms with Crippen molar-refractivity contribution in [2.45, 2.75) is 55.9 Å². The number of carbonyl (C=O) groups excluding carboxylic acids is 2. The first-order valence-corrected chi connectivity index (χ1v) is 15.2. The molecule has 2 amide bonds. The van der Waals surface area contributed by atoms with E-state index in [0.29, 0.717) is 32.5 Å². The Kier molecular flexibility index (Phi) is 8.39. The summed E-state index contributed by atoms with van der Waals surface area (Å²) >= 11 is 0. The number of phenolic OH excluding ortho intramolecular Hbond substituents is 2. The molecule has 11 nitrogen and oxygen atoms in total. The molecule has 0 spiro atoms. The zero-order valence-electron chi connectivity index (χ0n) is 23.1. The highest BCUT2D eigenvalue weighted by Crippen LogP contribution is 2.36. The van der Waals surface area contributed by atoms with E-state index in [0.717, 1.165) is 28.4 Å². The molecular weight excluding hydrogens is 558 g/mol. The first-order valence-electron chi connectivity index (χ1n) is 13.8. The Morgan fingerprint density at radius 2 is 1.64 bits per heavy atom. The van der Waals surface area contributed by atoms with Crippen LogP contribution in [0.5, 0.6) is 11.5 Å². The summed E-state index contributed by atoms with van der Waals surface area (Å²) in [6, 6.07) is 18.6. The standard InChI is InChI=1S/C30H35N5O6S/c31-26(16-29(32)38)30(39)33-12-10-23(11-13-33)35(17-20-4-2-1-3-5-20)24-7-6-21-18-34(19-22(21)14-24)42(40,41)28-9-8-25(36)15-27(28)37/h1-9,14-15,23,26,36-37H,10-13,16-19,31H2,(H2,32,38)/t26-/m0/s1. The maximum absolute atomic E-state index is 13.3. The number of phenols is 2. The fourth-order valence-electron chi connectivity index (χ4n) is 5.71. The van der Waals surface area contributed by atoms with Gasteiger partial charge in [-0.15, -0.1) is 0 Å². The van der Waals surface area contributed by atoms with E-state index >= 15 is 0 Å². The number of likely N-dealkylation sites (tertiary alicyclic amines) is 1. The zero-order chi connectivity index (χ0) is 30.0. The summed E-state index contributed by atoms with van der Waals surface area (Å²) in [5, 5.41) is 19.8. The Labute approximate surface area is 245 Å². The minimum atomic E-state index is -4.00. The van der Waals surface area contributed by atoms with Crippen molar-refractivity contribution in [3.63, 3.8) is 0 Å². The van der Waals surface area contributed by atoms with Crippen LogP contribution in [0.4, 0.5) is 5.69 Å². The average Bonchev–Trinajstić information content (AvgIpc) is 3.40. The van der Waals surface area contributed by atoms with Gasteiger partial charge in [-0.25, -0.2) is 8.42 Å².